The molecule has 1 aliphatic rings. The van der Waals surface area contributed by atoms with Gasteiger partial charge in [0.1, 0.15) is 0 Å². The number of hydrogen-bond donors (Lipinski definition) is 1. The summed E-state index contributed by atoms with van der Waals surface area (Å²) in [6.45, 7) is 5.89. The molecule has 1 aromatic heterocycles. The van der Waals surface area contributed by atoms with Gasteiger partial charge in [-0.2, -0.15) is 11.3 Å². The Morgan fingerprint density at radius 1 is 1.38 bits per heavy atom. The van der Waals surface area contributed by atoms with E-state index in [-0.39, 0.29) is 0 Å². The predicted octanol–water partition coefficient (Wildman–Crippen LogP) is 4.37. The Morgan fingerprint density at radius 3 is 2.75 bits per heavy atom. The number of nitrogens with one attached hydrogen (secondary N) is 1. The second-order valence-corrected chi connectivity index (χ2v) is 6.31. The van der Waals surface area contributed by atoms with Crippen molar-refractivity contribution >= 4 is 11.3 Å². The largest absolute Gasteiger partial charge is 0.310 e. The number of thiophene rings is 1. The summed E-state index contributed by atoms with van der Waals surface area (Å²) in [5.41, 5.74) is 1.98. The lowest BCUT2D eigenvalue weighted by Gasteiger charge is -2.34. The maximum Gasteiger partial charge on any atom is 0.0300 e. The first kappa shape index (κ1) is 12.1. The van der Waals surface area contributed by atoms with Gasteiger partial charge in [0.25, 0.3) is 0 Å². The average Bonchev–Trinajstić information content (AvgIpc) is 2.80. The Bertz CT molecular complexity index is 299. The third-order valence-corrected chi connectivity index (χ3v) is 4.64. The lowest BCUT2D eigenvalue weighted by Crippen LogP contribution is -2.34. The van der Waals surface area contributed by atoms with Crippen LogP contribution in [-0.4, -0.2) is 6.54 Å². The van der Waals surface area contributed by atoms with Crippen molar-refractivity contribution in [1.82, 2.24) is 5.32 Å². The topological polar surface area (TPSA) is 12.0 Å². The minimum Gasteiger partial charge on any atom is -0.310 e. The fourth-order valence-electron chi connectivity index (χ4n) is 2.62. The van der Waals surface area contributed by atoms with Crippen molar-refractivity contribution in [3.63, 3.8) is 0 Å². The van der Waals surface area contributed by atoms with Crippen LogP contribution < -0.4 is 5.32 Å². The molecule has 0 bridgehead atoms. The van der Waals surface area contributed by atoms with Crippen LogP contribution in [0.1, 0.15) is 57.6 Å². The van der Waals surface area contributed by atoms with Crippen LogP contribution in [0.4, 0.5) is 0 Å². The van der Waals surface area contributed by atoms with Gasteiger partial charge in [-0.25, -0.2) is 0 Å². The molecule has 0 saturated heterocycles. The molecular weight excluding hydrogens is 214 g/mol. The highest BCUT2D eigenvalue weighted by molar-refractivity contribution is 7.07. The zero-order valence-electron chi connectivity index (χ0n) is 10.5. The molecule has 0 amide bonds. The first-order valence-corrected chi connectivity index (χ1v) is 7.39. The molecule has 1 heterocycles. The molecule has 1 aromatic rings. The molecule has 1 nitrogen and oxygen atoms in total. The van der Waals surface area contributed by atoms with Crippen LogP contribution in [0.5, 0.6) is 0 Å². The summed E-state index contributed by atoms with van der Waals surface area (Å²) in [7, 11) is 0. The Hall–Kier alpha value is -0.340. The van der Waals surface area contributed by atoms with Crippen molar-refractivity contribution in [1.29, 1.82) is 0 Å². The second kappa shape index (κ2) is 5.33. The first-order chi connectivity index (χ1) is 7.70. The van der Waals surface area contributed by atoms with E-state index < -0.39 is 0 Å². The Morgan fingerprint density at radius 2 is 2.12 bits per heavy atom. The molecule has 1 fully saturated rings. The van der Waals surface area contributed by atoms with E-state index in [1.807, 2.05) is 0 Å². The highest BCUT2D eigenvalue weighted by atomic mass is 32.1. The molecule has 1 aliphatic carbocycles. The Balaban J connectivity index is 1.82. The minimum atomic E-state index is 0.505. The standard InChI is InChI=1S/C14H23NS/c1-12(13-6-9-16-10-13)15-11-14(2)7-4-3-5-8-14/h6,9-10,12,15H,3-5,7-8,11H2,1-2H3. The summed E-state index contributed by atoms with van der Waals surface area (Å²) < 4.78 is 0. The van der Waals surface area contributed by atoms with E-state index in [9.17, 15) is 0 Å². The summed E-state index contributed by atoms with van der Waals surface area (Å²) in [5, 5.41) is 8.12. The van der Waals surface area contributed by atoms with Crippen molar-refractivity contribution in [2.24, 2.45) is 5.41 Å². The van der Waals surface area contributed by atoms with E-state index in [2.05, 4.69) is 36.0 Å². The van der Waals surface area contributed by atoms with Crippen molar-refractivity contribution in [2.75, 3.05) is 6.54 Å². The molecule has 90 valence electrons. The highest BCUT2D eigenvalue weighted by Gasteiger charge is 2.26. The third kappa shape index (κ3) is 3.08. The van der Waals surface area contributed by atoms with Crippen LogP contribution in [0.25, 0.3) is 0 Å². The zero-order chi connectivity index (χ0) is 11.4. The van der Waals surface area contributed by atoms with E-state index in [1.54, 1.807) is 11.3 Å². The molecule has 16 heavy (non-hydrogen) atoms. The molecule has 1 atom stereocenters. The fourth-order valence-corrected chi connectivity index (χ4v) is 3.37. The molecule has 0 aliphatic heterocycles. The lowest BCUT2D eigenvalue weighted by molar-refractivity contribution is 0.202. The number of rotatable bonds is 4. The molecule has 0 aromatic carbocycles. The maximum absolute atomic E-state index is 3.70. The lowest BCUT2D eigenvalue weighted by atomic mass is 9.75. The Kier molecular flexibility index (Phi) is 4.04. The van der Waals surface area contributed by atoms with Crippen LogP contribution in [0.15, 0.2) is 16.8 Å². The summed E-state index contributed by atoms with van der Waals surface area (Å²) in [6, 6.07) is 2.73. The van der Waals surface area contributed by atoms with E-state index in [0.717, 1.165) is 0 Å². The minimum absolute atomic E-state index is 0.505. The molecule has 0 radical (unpaired) electrons. The van der Waals surface area contributed by atoms with Gasteiger partial charge < -0.3 is 5.32 Å². The van der Waals surface area contributed by atoms with E-state index in [1.165, 1.54) is 44.2 Å². The number of hydrogen-bond acceptors (Lipinski definition) is 2. The second-order valence-electron chi connectivity index (χ2n) is 5.53. The summed E-state index contributed by atoms with van der Waals surface area (Å²) >= 11 is 1.79. The highest BCUT2D eigenvalue weighted by Crippen LogP contribution is 2.35. The van der Waals surface area contributed by atoms with Gasteiger partial charge in [0.15, 0.2) is 0 Å². The molecular formula is C14H23NS. The third-order valence-electron chi connectivity index (χ3n) is 3.94. The summed E-state index contributed by atoms with van der Waals surface area (Å²) in [5.74, 6) is 0. The van der Waals surface area contributed by atoms with E-state index in [4.69, 9.17) is 0 Å². The zero-order valence-corrected chi connectivity index (χ0v) is 11.3. The SMILES string of the molecule is CC(NCC1(C)CCCCC1)c1ccsc1. The van der Waals surface area contributed by atoms with Gasteiger partial charge in [-0.1, -0.05) is 26.2 Å². The van der Waals surface area contributed by atoms with E-state index in [0.29, 0.717) is 11.5 Å². The van der Waals surface area contributed by atoms with Crippen LogP contribution in [0.3, 0.4) is 0 Å². The van der Waals surface area contributed by atoms with Crippen molar-refractivity contribution < 1.29 is 0 Å². The molecule has 1 saturated carbocycles. The summed E-state index contributed by atoms with van der Waals surface area (Å²) in [4.78, 5) is 0. The van der Waals surface area contributed by atoms with Gasteiger partial charge in [0, 0.05) is 12.6 Å². The van der Waals surface area contributed by atoms with E-state index >= 15 is 0 Å². The van der Waals surface area contributed by atoms with Crippen LogP contribution in [0, 0.1) is 5.41 Å². The smallest absolute Gasteiger partial charge is 0.0300 e. The van der Waals surface area contributed by atoms with Gasteiger partial charge in [-0.05, 0) is 47.6 Å². The molecule has 1 N–H and O–H groups in total. The van der Waals surface area contributed by atoms with Gasteiger partial charge in [0.2, 0.25) is 0 Å². The van der Waals surface area contributed by atoms with Gasteiger partial charge in [0.05, 0.1) is 0 Å². The summed E-state index contributed by atoms with van der Waals surface area (Å²) in [6.07, 6.45) is 7.08. The predicted molar refractivity (Wildman–Crippen MR) is 71.9 cm³/mol. The van der Waals surface area contributed by atoms with Crippen LogP contribution in [0.2, 0.25) is 0 Å². The average molecular weight is 237 g/mol. The van der Waals surface area contributed by atoms with Gasteiger partial charge >= 0.3 is 0 Å². The molecule has 1 unspecified atom stereocenters. The Labute approximate surface area is 103 Å². The first-order valence-electron chi connectivity index (χ1n) is 6.45. The van der Waals surface area contributed by atoms with Crippen LogP contribution in [-0.2, 0) is 0 Å². The maximum atomic E-state index is 3.70. The normalized spacial score (nSPS) is 21.9. The molecule has 2 rings (SSSR count). The van der Waals surface area contributed by atoms with Crippen molar-refractivity contribution in [2.45, 2.75) is 52.0 Å². The van der Waals surface area contributed by atoms with Gasteiger partial charge in [-0.3, -0.25) is 0 Å². The van der Waals surface area contributed by atoms with Crippen molar-refractivity contribution in [3.8, 4) is 0 Å². The fraction of sp³-hybridized carbons (Fsp3) is 0.714. The monoisotopic (exact) mass is 237 g/mol. The molecule has 0 spiro atoms. The van der Waals surface area contributed by atoms with Crippen LogP contribution >= 0.6 is 11.3 Å². The molecule has 2 heteroatoms. The van der Waals surface area contributed by atoms with Crippen molar-refractivity contribution in [3.05, 3.63) is 22.4 Å². The quantitative estimate of drug-likeness (QED) is 0.820. The van der Waals surface area contributed by atoms with Gasteiger partial charge in [-0.15, -0.1) is 0 Å².